The number of likely N-dealkylation sites (tertiary alicyclic amines) is 2. The summed E-state index contributed by atoms with van der Waals surface area (Å²) in [6, 6.07) is 4.96. The van der Waals surface area contributed by atoms with Crippen LogP contribution in [0.3, 0.4) is 0 Å². The summed E-state index contributed by atoms with van der Waals surface area (Å²) in [5.41, 5.74) is 3.32. The number of fused-ring (bicyclic) bond motifs is 1. The Balaban J connectivity index is 1.11. The number of alkyl halides is 3. The molecule has 4 aliphatic heterocycles. The van der Waals surface area contributed by atoms with Gasteiger partial charge in [-0.15, -0.1) is 11.8 Å². The summed E-state index contributed by atoms with van der Waals surface area (Å²) < 4.78 is 44.2. The average Bonchev–Trinajstić information content (AvgIpc) is 3.61. The van der Waals surface area contributed by atoms with Crippen LogP contribution in [0, 0.1) is 0 Å². The van der Waals surface area contributed by atoms with Gasteiger partial charge in [0.2, 0.25) is 5.91 Å². The lowest BCUT2D eigenvalue weighted by atomic mass is 10.0. The van der Waals surface area contributed by atoms with Gasteiger partial charge in [0.15, 0.2) is 0 Å². The number of nitrogens with one attached hydrogen (secondary N) is 1. The number of piperazine rings is 1. The van der Waals surface area contributed by atoms with Gasteiger partial charge in [0.05, 0.1) is 11.3 Å². The maximum Gasteiger partial charge on any atom is 0.417 e. The van der Waals surface area contributed by atoms with Gasteiger partial charge in [-0.2, -0.15) is 18.3 Å². The lowest BCUT2D eigenvalue weighted by molar-refractivity contribution is -0.139. The summed E-state index contributed by atoms with van der Waals surface area (Å²) >= 11 is 1.31. The largest absolute Gasteiger partial charge is 0.417 e. The van der Waals surface area contributed by atoms with Gasteiger partial charge in [0, 0.05) is 118 Å². The highest BCUT2D eigenvalue weighted by Crippen LogP contribution is 2.40. The molecule has 0 unspecified atom stereocenters. The summed E-state index contributed by atoms with van der Waals surface area (Å²) in [5.74, 6) is 0.942. The lowest BCUT2D eigenvalue weighted by Crippen LogP contribution is -2.45. The summed E-state index contributed by atoms with van der Waals surface area (Å²) in [6.07, 6.45) is 1.22. The maximum absolute atomic E-state index is 14.0. The highest BCUT2D eigenvalue weighted by molar-refractivity contribution is 7.99. The van der Waals surface area contributed by atoms with Gasteiger partial charge < -0.3 is 20.0 Å². The quantitative estimate of drug-likeness (QED) is 0.397. The van der Waals surface area contributed by atoms with Gasteiger partial charge in [-0.1, -0.05) is 6.07 Å². The molecule has 3 saturated heterocycles. The molecule has 0 radical (unpaired) electrons. The van der Waals surface area contributed by atoms with Crippen LogP contribution in [0.4, 0.5) is 13.2 Å². The number of carbonyl (C=O) groups excluding carboxylic acids is 1. The minimum atomic E-state index is -4.40. The number of amides is 1. The molecule has 12 heteroatoms. The Labute approximate surface area is 263 Å². The normalized spacial score (nSPS) is 21.4. The fraction of sp³-hybridized carbons (Fsp3) is 0.688. The van der Waals surface area contributed by atoms with Crippen LogP contribution in [0.1, 0.15) is 48.9 Å². The predicted molar refractivity (Wildman–Crippen MR) is 168 cm³/mol. The van der Waals surface area contributed by atoms with E-state index in [1.165, 1.54) is 23.5 Å². The van der Waals surface area contributed by atoms with E-state index in [2.05, 4.69) is 36.6 Å². The van der Waals surface area contributed by atoms with Crippen LogP contribution < -0.4 is 5.32 Å². The van der Waals surface area contributed by atoms with Crippen LogP contribution in [-0.2, 0) is 30.5 Å². The van der Waals surface area contributed by atoms with Crippen LogP contribution >= 0.6 is 11.8 Å². The van der Waals surface area contributed by atoms with Crippen molar-refractivity contribution >= 4 is 17.7 Å². The lowest BCUT2D eigenvalue weighted by Gasteiger charge is -2.36. The van der Waals surface area contributed by atoms with E-state index in [-0.39, 0.29) is 4.90 Å². The molecule has 1 amide bonds. The zero-order valence-electron chi connectivity index (χ0n) is 25.9. The van der Waals surface area contributed by atoms with Crippen molar-refractivity contribution in [1.29, 1.82) is 0 Å². The third-order valence-corrected chi connectivity index (χ3v) is 10.8. The van der Waals surface area contributed by atoms with E-state index < -0.39 is 11.7 Å². The smallest absolute Gasteiger partial charge is 0.340 e. The minimum Gasteiger partial charge on any atom is -0.340 e. The second-order valence-electron chi connectivity index (χ2n) is 12.7. The Morgan fingerprint density at radius 1 is 0.977 bits per heavy atom. The Morgan fingerprint density at radius 3 is 2.48 bits per heavy atom. The number of nitrogens with zero attached hydrogens (tertiary/aromatic N) is 6. The number of hydrogen-bond donors (Lipinski definition) is 1. The molecule has 6 rings (SSSR count). The molecule has 0 bridgehead atoms. The van der Waals surface area contributed by atoms with Gasteiger partial charge >= 0.3 is 6.18 Å². The molecule has 8 nitrogen and oxygen atoms in total. The number of halogens is 3. The van der Waals surface area contributed by atoms with E-state index >= 15 is 0 Å². The number of thioether (sulfide) groups is 1. The number of likely N-dealkylation sites (N-methyl/N-ethyl adjacent to an activating group) is 1. The summed E-state index contributed by atoms with van der Waals surface area (Å²) in [4.78, 5) is 21.6. The van der Waals surface area contributed by atoms with Crippen LogP contribution in [0.2, 0.25) is 0 Å². The van der Waals surface area contributed by atoms with Gasteiger partial charge in [-0.25, -0.2) is 0 Å². The number of hydrogen-bond acceptors (Lipinski definition) is 7. The number of aromatic nitrogens is 2. The molecule has 1 aromatic heterocycles. The third kappa shape index (κ3) is 7.46. The first-order valence-electron chi connectivity index (χ1n) is 16.3. The zero-order chi connectivity index (χ0) is 30.7. The van der Waals surface area contributed by atoms with Crippen molar-refractivity contribution in [2.75, 3.05) is 78.2 Å². The fourth-order valence-corrected chi connectivity index (χ4v) is 8.29. The van der Waals surface area contributed by atoms with Gasteiger partial charge in [0.1, 0.15) is 0 Å². The van der Waals surface area contributed by atoms with Crippen LogP contribution in [-0.4, -0.2) is 120 Å². The van der Waals surface area contributed by atoms with Crippen LogP contribution in [0.5, 0.6) is 0 Å². The summed E-state index contributed by atoms with van der Waals surface area (Å²) in [5, 5.41) is 8.46. The van der Waals surface area contributed by atoms with E-state index in [1.54, 1.807) is 12.1 Å². The molecule has 2 aromatic rings. The van der Waals surface area contributed by atoms with Crippen molar-refractivity contribution < 1.29 is 18.0 Å². The third-order valence-electron chi connectivity index (χ3n) is 9.78. The molecule has 1 aromatic carbocycles. The highest BCUT2D eigenvalue weighted by atomic mass is 32.2. The van der Waals surface area contributed by atoms with E-state index in [0.29, 0.717) is 30.7 Å². The van der Waals surface area contributed by atoms with Crippen molar-refractivity contribution in [2.45, 2.75) is 68.7 Å². The van der Waals surface area contributed by atoms with E-state index in [4.69, 9.17) is 5.10 Å². The second-order valence-corrected chi connectivity index (χ2v) is 13.9. The Bertz CT molecular complexity index is 1290. The minimum absolute atomic E-state index is 0.287. The van der Waals surface area contributed by atoms with Gasteiger partial charge in [-0.05, 0) is 51.4 Å². The van der Waals surface area contributed by atoms with Crippen molar-refractivity contribution in [2.24, 2.45) is 0 Å². The number of rotatable bonds is 10. The van der Waals surface area contributed by atoms with E-state index in [9.17, 15) is 18.0 Å². The molecule has 3 fully saturated rings. The molecule has 0 spiro atoms. The molecular weight excluding hydrogens is 587 g/mol. The standard InChI is InChI=1S/C32H46F3N7OS/c1-38-16-18-40(19-17-38)20-21-44-29-22-24(5-6-27(29)32(33,34)35)31-26-23-36-10-7-28(26)42(37-31)13-3-11-39-14-8-25(9-15-39)41-12-2-4-30(41)43/h5-6,22,25,36H,2-4,7-21,23H2,1H3. The number of carbonyl (C=O) groups is 1. The zero-order valence-corrected chi connectivity index (χ0v) is 26.7. The van der Waals surface area contributed by atoms with E-state index in [0.717, 1.165) is 121 Å². The fourth-order valence-electron chi connectivity index (χ4n) is 7.17. The van der Waals surface area contributed by atoms with Crippen LogP contribution in [0.15, 0.2) is 23.1 Å². The highest BCUT2D eigenvalue weighted by Gasteiger charge is 2.34. The number of aryl methyl sites for hydroxylation is 1. The number of piperidine rings is 1. The molecule has 0 atom stereocenters. The monoisotopic (exact) mass is 633 g/mol. The molecule has 0 aliphatic carbocycles. The SMILES string of the molecule is CN1CCN(CCSc2cc(-c3nn(CCCN4CCC(N5CCCC5=O)CC4)c4c3CNCC4)ccc2C(F)(F)F)CC1. The van der Waals surface area contributed by atoms with Gasteiger partial charge in [0.25, 0.3) is 0 Å². The molecule has 4 aliphatic rings. The Morgan fingerprint density at radius 2 is 1.75 bits per heavy atom. The molecule has 0 saturated carbocycles. The van der Waals surface area contributed by atoms with Crippen LogP contribution in [0.25, 0.3) is 11.3 Å². The Kier molecular flexibility index (Phi) is 10.2. The number of benzene rings is 1. The maximum atomic E-state index is 14.0. The molecule has 242 valence electrons. The topological polar surface area (TPSA) is 59.9 Å². The van der Waals surface area contributed by atoms with Crippen molar-refractivity contribution in [3.8, 4) is 11.3 Å². The van der Waals surface area contributed by atoms with E-state index in [1.807, 2.05) is 0 Å². The second kappa shape index (κ2) is 14.1. The van der Waals surface area contributed by atoms with Crippen molar-refractivity contribution in [3.63, 3.8) is 0 Å². The summed E-state index contributed by atoms with van der Waals surface area (Å²) in [7, 11) is 2.10. The molecule has 5 heterocycles. The predicted octanol–water partition coefficient (Wildman–Crippen LogP) is 4.03. The molecule has 44 heavy (non-hydrogen) atoms. The Hall–Kier alpha value is -2.12. The first-order valence-corrected chi connectivity index (χ1v) is 17.3. The van der Waals surface area contributed by atoms with Crippen molar-refractivity contribution in [3.05, 3.63) is 35.0 Å². The van der Waals surface area contributed by atoms with Gasteiger partial charge in [-0.3, -0.25) is 14.4 Å². The van der Waals surface area contributed by atoms with Crippen molar-refractivity contribution in [1.82, 2.24) is 34.7 Å². The first kappa shape index (κ1) is 31.8. The first-order chi connectivity index (χ1) is 21.3. The average molecular weight is 634 g/mol. The molecular formula is C32H46F3N7OS. The summed E-state index contributed by atoms with van der Waals surface area (Å²) in [6.45, 7) is 11.0. The molecule has 1 N–H and O–H groups in total.